The van der Waals surface area contributed by atoms with Gasteiger partial charge in [-0.05, 0) is 11.1 Å². The van der Waals surface area contributed by atoms with E-state index in [1.807, 2.05) is 24.3 Å². The van der Waals surface area contributed by atoms with Gasteiger partial charge in [0.2, 0.25) is 0 Å². The quantitative estimate of drug-likeness (QED) is 0.378. The molecule has 5 rings (SSSR count). The van der Waals surface area contributed by atoms with Crippen molar-refractivity contribution in [1.82, 2.24) is 9.55 Å². The fourth-order valence-corrected chi connectivity index (χ4v) is 4.54. The van der Waals surface area contributed by atoms with Gasteiger partial charge in [0.25, 0.3) is 5.56 Å². The molecule has 2 unspecified atom stereocenters. The minimum atomic E-state index is -1.85. The van der Waals surface area contributed by atoms with Crippen LogP contribution in [-0.4, -0.2) is 54.9 Å². The minimum absolute atomic E-state index is 0.137. The smallest absolute Gasteiger partial charge is 0.330 e. The van der Waals surface area contributed by atoms with Gasteiger partial charge in [-0.1, -0.05) is 48.5 Å². The molecular weight excluding hydrogens is 404 g/mol. The SMILES string of the molecule is O=c1[nH]c(=O)n([C@H]2O[C@@H](CO)C(O)C2O)cc1C1(O)c2ccccc2-c2ccccc21. The molecule has 2 aromatic carbocycles. The predicted octanol–water partition coefficient (Wildman–Crippen LogP) is -0.587. The van der Waals surface area contributed by atoms with Gasteiger partial charge >= 0.3 is 5.69 Å². The van der Waals surface area contributed by atoms with E-state index in [-0.39, 0.29) is 5.56 Å². The molecule has 0 amide bonds. The molecule has 2 heterocycles. The van der Waals surface area contributed by atoms with Gasteiger partial charge in [-0.3, -0.25) is 14.3 Å². The van der Waals surface area contributed by atoms with Crippen molar-refractivity contribution >= 4 is 0 Å². The van der Waals surface area contributed by atoms with Gasteiger partial charge in [-0.15, -0.1) is 0 Å². The highest BCUT2D eigenvalue weighted by atomic mass is 16.6. The Bertz CT molecular complexity index is 1240. The van der Waals surface area contributed by atoms with E-state index in [1.165, 1.54) is 0 Å². The number of ether oxygens (including phenoxy) is 1. The number of H-pyrrole nitrogens is 1. The number of hydrogen-bond donors (Lipinski definition) is 5. The van der Waals surface area contributed by atoms with Crippen LogP contribution in [0.4, 0.5) is 0 Å². The predicted molar refractivity (Wildman–Crippen MR) is 108 cm³/mol. The van der Waals surface area contributed by atoms with Gasteiger partial charge in [0.1, 0.15) is 23.9 Å². The van der Waals surface area contributed by atoms with Crippen LogP contribution in [0.2, 0.25) is 0 Å². The maximum absolute atomic E-state index is 12.9. The van der Waals surface area contributed by atoms with Crippen LogP contribution in [0.3, 0.4) is 0 Å². The summed E-state index contributed by atoms with van der Waals surface area (Å²) >= 11 is 0. The number of rotatable bonds is 3. The number of aromatic amines is 1. The van der Waals surface area contributed by atoms with Crippen molar-refractivity contribution in [1.29, 1.82) is 0 Å². The maximum atomic E-state index is 12.9. The number of aliphatic hydroxyl groups is 4. The standard InChI is InChI=1S/C22H20N2O7/c25-10-16-17(26)18(27)20(31-16)24-9-15(19(28)23-21(24)29)22(30)13-7-3-1-5-11(13)12-6-2-4-8-14(12)22/h1-9,16-18,20,25-27,30H,10H2,(H,23,28,29)/t16-,17?,18?,20-/m0/s1. The van der Waals surface area contributed by atoms with Crippen LogP contribution < -0.4 is 11.2 Å². The Morgan fingerprint density at radius 3 is 2.06 bits per heavy atom. The van der Waals surface area contributed by atoms with Crippen molar-refractivity contribution in [2.75, 3.05) is 6.61 Å². The summed E-state index contributed by atoms with van der Waals surface area (Å²) in [5.74, 6) is 0. The molecule has 2 aliphatic rings. The van der Waals surface area contributed by atoms with Crippen molar-refractivity contribution in [3.8, 4) is 11.1 Å². The lowest BCUT2D eigenvalue weighted by atomic mass is 9.85. The third-order valence-electron chi connectivity index (χ3n) is 6.07. The molecule has 4 atom stereocenters. The second-order valence-corrected chi connectivity index (χ2v) is 7.74. The van der Waals surface area contributed by atoms with Gasteiger partial charge in [-0.25, -0.2) is 4.79 Å². The number of nitrogens with one attached hydrogen (secondary N) is 1. The minimum Gasteiger partial charge on any atom is -0.394 e. The van der Waals surface area contributed by atoms with E-state index in [1.54, 1.807) is 24.3 Å². The summed E-state index contributed by atoms with van der Waals surface area (Å²) in [6.45, 7) is -0.565. The first-order chi connectivity index (χ1) is 14.9. The van der Waals surface area contributed by atoms with Crippen LogP contribution in [0, 0.1) is 0 Å². The lowest BCUT2D eigenvalue weighted by Crippen LogP contribution is -2.42. The molecule has 3 aromatic rings. The zero-order chi connectivity index (χ0) is 21.9. The van der Waals surface area contributed by atoms with E-state index in [0.29, 0.717) is 11.1 Å². The van der Waals surface area contributed by atoms with Crippen LogP contribution in [0.5, 0.6) is 0 Å². The lowest BCUT2D eigenvalue weighted by Gasteiger charge is -2.27. The largest absolute Gasteiger partial charge is 0.394 e. The summed E-state index contributed by atoms with van der Waals surface area (Å²) in [4.78, 5) is 27.6. The molecule has 1 aliphatic carbocycles. The van der Waals surface area contributed by atoms with Gasteiger partial charge in [0.15, 0.2) is 6.23 Å². The van der Waals surface area contributed by atoms with Crippen LogP contribution in [0.15, 0.2) is 64.3 Å². The fourth-order valence-electron chi connectivity index (χ4n) is 4.54. The number of hydrogen-bond acceptors (Lipinski definition) is 7. The second kappa shape index (κ2) is 6.98. The van der Waals surface area contributed by atoms with Gasteiger partial charge in [0.05, 0.1) is 12.2 Å². The van der Waals surface area contributed by atoms with E-state index in [2.05, 4.69) is 4.98 Å². The highest BCUT2D eigenvalue weighted by molar-refractivity contribution is 5.81. The van der Waals surface area contributed by atoms with Gasteiger partial charge in [-0.2, -0.15) is 0 Å². The van der Waals surface area contributed by atoms with Crippen LogP contribution in [-0.2, 0) is 10.3 Å². The Hall–Kier alpha value is -3.08. The average Bonchev–Trinajstić information content (AvgIpc) is 3.21. The summed E-state index contributed by atoms with van der Waals surface area (Å²) in [6, 6.07) is 14.2. The number of aliphatic hydroxyl groups excluding tert-OH is 3. The monoisotopic (exact) mass is 424 g/mol. The van der Waals surface area contributed by atoms with E-state index >= 15 is 0 Å². The second-order valence-electron chi connectivity index (χ2n) is 7.74. The van der Waals surface area contributed by atoms with Gasteiger partial charge in [0, 0.05) is 17.3 Å². The van der Waals surface area contributed by atoms with Gasteiger partial charge < -0.3 is 25.2 Å². The molecule has 9 heteroatoms. The zero-order valence-corrected chi connectivity index (χ0v) is 16.2. The molecular formula is C22H20N2O7. The van der Waals surface area contributed by atoms with Crippen molar-refractivity contribution in [3.05, 3.63) is 92.3 Å². The third-order valence-corrected chi connectivity index (χ3v) is 6.07. The fraction of sp³-hybridized carbons (Fsp3) is 0.273. The number of fused-ring (bicyclic) bond motifs is 3. The molecule has 5 N–H and O–H groups in total. The first-order valence-corrected chi connectivity index (χ1v) is 9.78. The maximum Gasteiger partial charge on any atom is 0.330 e. The highest BCUT2D eigenvalue weighted by Gasteiger charge is 2.47. The highest BCUT2D eigenvalue weighted by Crippen LogP contribution is 2.49. The molecule has 1 aromatic heterocycles. The summed E-state index contributed by atoms with van der Waals surface area (Å²) in [6.07, 6.45) is -4.26. The molecule has 0 saturated carbocycles. The molecule has 1 aliphatic heterocycles. The first-order valence-electron chi connectivity index (χ1n) is 9.78. The molecule has 31 heavy (non-hydrogen) atoms. The lowest BCUT2D eigenvalue weighted by molar-refractivity contribution is -0.0554. The van der Waals surface area contributed by atoms with Crippen molar-refractivity contribution < 1.29 is 25.2 Å². The van der Waals surface area contributed by atoms with Crippen LogP contribution in [0.1, 0.15) is 22.9 Å². The Balaban J connectivity index is 1.73. The van der Waals surface area contributed by atoms with Crippen molar-refractivity contribution in [3.63, 3.8) is 0 Å². The number of benzene rings is 2. The summed E-state index contributed by atoms with van der Waals surface area (Å²) in [5, 5.41) is 41.6. The summed E-state index contributed by atoms with van der Waals surface area (Å²) in [7, 11) is 0. The molecule has 1 saturated heterocycles. The van der Waals surface area contributed by atoms with E-state index in [4.69, 9.17) is 4.74 Å². The number of nitrogens with zero attached hydrogens (tertiary/aromatic N) is 1. The third kappa shape index (κ3) is 2.68. The van der Waals surface area contributed by atoms with Crippen molar-refractivity contribution in [2.24, 2.45) is 0 Å². The first kappa shape index (κ1) is 19.9. The number of aromatic nitrogens is 2. The van der Waals surface area contributed by atoms with E-state index < -0.39 is 48.0 Å². The molecule has 9 nitrogen and oxygen atoms in total. The van der Waals surface area contributed by atoms with E-state index in [9.17, 15) is 30.0 Å². The zero-order valence-electron chi connectivity index (χ0n) is 16.2. The Kier molecular flexibility index (Phi) is 4.47. The molecule has 0 radical (unpaired) electrons. The topological polar surface area (TPSA) is 145 Å². The van der Waals surface area contributed by atoms with Crippen molar-refractivity contribution in [2.45, 2.75) is 30.1 Å². The molecule has 0 bridgehead atoms. The van der Waals surface area contributed by atoms with Crippen LogP contribution in [0.25, 0.3) is 11.1 Å². The Morgan fingerprint density at radius 1 is 0.935 bits per heavy atom. The van der Waals surface area contributed by atoms with E-state index in [0.717, 1.165) is 21.9 Å². The molecule has 1 fully saturated rings. The Morgan fingerprint density at radius 2 is 1.52 bits per heavy atom. The molecule has 160 valence electrons. The summed E-state index contributed by atoms with van der Waals surface area (Å²) < 4.78 is 6.36. The Labute approximate surface area is 175 Å². The average molecular weight is 424 g/mol. The summed E-state index contributed by atoms with van der Waals surface area (Å²) in [5.41, 5.74) is -1.19. The molecule has 0 spiro atoms. The van der Waals surface area contributed by atoms with Crippen LogP contribution >= 0.6 is 0 Å². The normalized spacial score (nSPS) is 25.9.